The molecule has 0 amide bonds. The SMILES string of the molecule is Cc1nc(N)sc1SCc1ncc(Cl)n1C. The van der Waals surface area contributed by atoms with Gasteiger partial charge in [0.05, 0.1) is 21.9 Å². The first kappa shape index (κ1) is 11.8. The number of thiazole rings is 1. The average molecular weight is 275 g/mol. The Morgan fingerprint density at radius 1 is 1.62 bits per heavy atom. The summed E-state index contributed by atoms with van der Waals surface area (Å²) in [6.07, 6.45) is 1.66. The molecule has 0 saturated carbocycles. The lowest BCUT2D eigenvalue weighted by atomic mass is 10.6. The molecule has 0 fully saturated rings. The number of aromatic nitrogens is 3. The third-order valence-corrected chi connectivity index (χ3v) is 4.83. The van der Waals surface area contributed by atoms with Gasteiger partial charge in [-0.2, -0.15) is 0 Å². The lowest BCUT2D eigenvalue weighted by Crippen LogP contribution is -1.95. The summed E-state index contributed by atoms with van der Waals surface area (Å²) >= 11 is 9.10. The molecule has 2 aromatic heterocycles. The molecule has 86 valence electrons. The number of nitrogens with two attached hydrogens (primary N) is 1. The van der Waals surface area contributed by atoms with Crippen molar-refractivity contribution < 1.29 is 0 Å². The fourth-order valence-electron chi connectivity index (χ4n) is 1.22. The molecule has 0 aliphatic carbocycles. The minimum absolute atomic E-state index is 0.609. The van der Waals surface area contributed by atoms with E-state index in [1.165, 1.54) is 11.3 Å². The van der Waals surface area contributed by atoms with Crippen LogP contribution >= 0.6 is 34.7 Å². The molecular formula is C9H11ClN4S2. The molecule has 0 saturated heterocycles. The van der Waals surface area contributed by atoms with Crippen molar-refractivity contribution in [3.8, 4) is 0 Å². The van der Waals surface area contributed by atoms with Crippen molar-refractivity contribution >= 4 is 39.8 Å². The molecule has 16 heavy (non-hydrogen) atoms. The summed E-state index contributed by atoms with van der Waals surface area (Å²) < 4.78 is 3.01. The van der Waals surface area contributed by atoms with Gasteiger partial charge in [0.2, 0.25) is 0 Å². The first-order valence-electron chi connectivity index (χ1n) is 4.59. The van der Waals surface area contributed by atoms with Gasteiger partial charge in [-0.3, -0.25) is 0 Å². The van der Waals surface area contributed by atoms with Crippen LogP contribution < -0.4 is 5.73 Å². The highest BCUT2D eigenvalue weighted by Gasteiger charge is 2.09. The molecule has 2 heterocycles. The Labute approximate surface area is 107 Å². The molecule has 7 heteroatoms. The van der Waals surface area contributed by atoms with Gasteiger partial charge in [0.15, 0.2) is 5.13 Å². The highest BCUT2D eigenvalue weighted by Crippen LogP contribution is 2.32. The van der Waals surface area contributed by atoms with Gasteiger partial charge in [-0.15, -0.1) is 11.8 Å². The maximum Gasteiger partial charge on any atom is 0.181 e. The Balaban J connectivity index is 2.08. The Morgan fingerprint density at radius 3 is 2.88 bits per heavy atom. The molecule has 0 unspecified atom stereocenters. The van der Waals surface area contributed by atoms with Crippen LogP contribution in [0.4, 0.5) is 5.13 Å². The van der Waals surface area contributed by atoms with Crippen LogP contribution in [0.2, 0.25) is 5.15 Å². The summed E-state index contributed by atoms with van der Waals surface area (Å²) in [6, 6.07) is 0. The first-order chi connectivity index (χ1) is 7.58. The van der Waals surface area contributed by atoms with Gasteiger partial charge < -0.3 is 10.3 Å². The fourth-order valence-corrected chi connectivity index (χ4v) is 3.39. The molecular weight excluding hydrogens is 264 g/mol. The zero-order valence-corrected chi connectivity index (χ0v) is 11.3. The van der Waals surface area contributed by atoms with Gasteiger partial charge in [0.1, 0.15) is 11.0 Å². The molecule has 0 aliphatic rings. The fraction of sp³-hybridized carbons (Fsp3) is 0.333. The van der Waals surface area contributed by atoms with E-state index in [4.69, 9.17) is 17.3 Å². The maximum atomic E-state index is 5.91. The third-order valence-electron chi connectivity index (χ3n) is 2.13. The molecule has 2 rings (SSSR count). The van der Waals surface area contributed by atoms with E-state index in [0.29, 0.717) is 10.3 Å². The highest BCUT2D eigenvalue weighted by molar-refractivity contribution is 8.00. The van der Waals surface area contributed by atoms with Gasteiger partial charge in [0, 0.05) is 7.05 Å². The molecule has 0 radical (unpaired) electrons. The molecule has 0 aliphatic heterocycles. The second kappa shape index (κ2) is 4.65. The van der Waals surface area contributed by atoms with E-state index < -0.39 is 0 Å². The van der Waals surface area contributed by atoms with Crippen LogP contribution in [-0.2, 0) is 12.8 Å². The second-order valence-electron chi connectivity index (χ2n) is 3.27. The van der Waals surface area contributed by atoms with Crippen molar-refractivity contribution in [3.63, 3.8) is 0 Å². The van der Waals surface area contributed by atoms with Crippen molar-refractivity contribution in [1.82, 2.24) is 14.5 Å². The van der Waals surface area contributed by atoms with E-state index in [-0.39, 0.29) is 0 Å². The normalized spacial score (nSPS) is 10.9. The Bertz CT molecular complexity index is 504. The minimum Gasteiger partial charge on any atom is -0.375 e. The quantitative estimate of drug-likeness (QED) is 0.875. The van der Waals surface area contributed by atoms with Crippen LogP contribution in [-0.4, -0.2) is 14.5 Å². The number of thioether (sulfide) groups is 1. The standard InChI is InChI=1S/C9H11ClN4S2/c1-5-8(16-9(11)13-5)15-4-7-12-3-6(10)14(7)2/h3H,4H2,1-2H3,(H2,11,13). The molecule has 4 nitrogen and oxygen atoms in total. The summed E-state index contributed by atoms with van der Waals surface area (Å²) in [6.45, 7) is 1.96. The third kappa shape index (κ3) is 2.34. The minimum atomic E-state index is 0.609. The topological polar surface area (TPSA) is 56.7 Å². The van der Waals surface area contributed by atoms with Gasteiger partial charge in [0.25, 0.3) is 0 Å². The van der Waals surface area contributed by atoms with Gasteiger partial charge in [-0.1, -0.05) is 22.9 Å². The van der Waals surface area contributed by atoms with Crippen LogP contribution in [0.1, 0.15) is 11.5 Å². The van der Waals surface area contributed by atoms with Crippen molar-refractivity contribution in [1.29, 1.82) is 0 Å². The number of hydrogen-bond donors (Lipinski definition) is 1. The molecule has 0 spiro atoms. The van der Waals surface area contributed by atoms with Gasteiger partial charge in [-0.25, -0.2) is 9.97 Å². The Hall–Kier alpha value is -0.720. The predicted molar refractivity (Wildman–Crippen MR) is 69.0 cm³/mol. The van der Waals surface area contributed by atoms with E-state index in [0.717, 1.165) is 21.5 Å². The highest BCUT2D eigenvalue weighted by atomic mass is 35.5. The van der Waals surface area contributed by atoms with E-state index in [2.05, 4.69) is 9.97 Å². The number of nitrogens with zero attached hydrogens (tertiary/aromatic N) is 3. The number of halogens is 1. The van der Waals surface area contributed by atoms with Crippen molar-refractivity contribution in [2.75, 3.05) is 5.73 Å². The number of aryl methyl sites for hydroxylation is 1. The number of rotatable bonds is 3. The first-order valence-corrected chi connectivity index (χ1v) is 6.77. The van der Waals surface area contributed by atoms with E-state index >= 15 is 0 Å². The lowest BCUT2D eigenvalue weighted by molar-refractivity contribution is 0.850. The van der Waals surface area contributed by atoms with Crippen LogP contribution in [0.3, 0.4) is 0 Å². The molecule has 2 N–H and O–H groups in total. The summed E-state index contributed by atoms with van der Waals surface area (Å²) in [4.78, 5) is 8.40. The Morgan fingerprint density at radius 2 is 2.38 bits per heavy atom. The van der Waals surface area contributed by atoms with Gasteiger partial charge in [-0.05, 0) is 6.92 Å². The monoisotopic (exact) mass is 274 g/mol. The van der Waals surface area contributed by atoms with Crippen LogP contribution in [0.25, 0.3) is 0 Å². The van der Waals surface area contributed by atoms with E-state index in [1.54, 1.807) is 18.0 Å². The van der Waals surface area contributed by atoms with Crippen LogP contribution in [0.5, 0.6) is 0 Å². The van der Waals surface area contributed by atoms with Crippen molar-refractivity contribution in [2.45, 2.75) is 16.9 Å². The number of imidazole rings is 1. The number of nitrogen functional groups attached to an aromatic ring is 1. The summed E-state index contributed by atoms with van der Waals surface area (Å²) in [7, 11) is 1.90. The summed E-state index contributed by atoms with van der Waals surface area (Å²) in [5.74, 6) is 1.72. The molecule has 0 atom stereocenters. The van der Waals surface area contributed by atoms with Gasteiger partial charge >= 0.3 is 0 Å². The smallest absolute Gasteiger partial charge is 0.181 e. The van der Waals surface area contributed by atoms with E-state index in [9.17, 15) is 0 Å². The van der Waals surface area contributed by atoms with Crippen molar-refractivity contribution in [2.24, 2.45) is 7.05 Å². The summed E-state index contributed by atoms with van der Waals surface area (Å²) in [5, 5.41) is 1.26. The lowest BCUT2D eigenvalue weighted by Gasteiger charge is -2.01. The predicted octanol–water partition coefficient (Wildman–Crippen LogP) is 2.71. The number of hydrogen-bond acceptors (Lipinski definition) is 5. The molecule has 0 bridgehead atoms. The van der Waals surface area contributed by atoms with Crippen LogP contribution in [0, 0.1) is 6.92 Å². The largest absolute Gasteiger partial charge is 0.375 e. The number of anilines is 1. The second-order valence-corrected chi connectivity index (χ2v) is 5.93. The zero-order chi connectivity index (χ0) is 11.7. The Kier molecular flexibility index (Phi) is 3.41. The van der Waals surface area contributed by atoms with E-state index in [1.807, 2.05) is 18.5 Å². The molecule has 0 aromatic carbocycles. The zero-order valence-electron chi connectivity index (χ0n) is 8.90. The average Bonchev–Trinajstić information content (AvgIpc) is 2.70. The maximum absolute atomic E-state index is 5.91. The van der Waals surface area contributed by atoms with Crippen molar-refractivity contribution in [3.05, 3.63) is 22.9 Å². The van der Waals surface area contributed by atoms with Crippen LogP contribution in [0.15, 0.2) is 10.4 Å². The summed E-state index contributed by atoms with van der Waals surface area (Å²) in [5.41, 5.74) is 6.61. The molecule has 2 aromatic rings.